The van der Waals surface area contributed by atoms with Crippen molar-refractivity contribution in [1.29, 1.82) is 5.26 Å². The molecule has 2 aromatic carbocycles. The van der Waals surface area contributed by atoms with Crippen LogP contribution in [0.15, 0.2) is 42.5 Å². The van der Waals surface area contributed by atoms with Gasteiger partial charge in [-0.2, -0.15) is 5.26 Å². The first kappa shape index (κ1) is 19.3. The maximum absolute atomic E-state index is 9.75. The van der Waals surface area contributed by atoms with E-state index in [1.807, 2.05) is 63.2 Å². The van der Waals surface area contributed by atoms with E-state index < -0.39 is 0 Å². The Labute approximate surface area is 179 Å². The number of aromatic amines is 1. The zero-order valence-electron chi connectivity index (χ0n) is 16.2. The molecule has 0 unspecified atom stereocenters. The van der Waals surface area contributed by atoms with Gasteiger partial charge in [0.15, 0.2) is 0 Å². The molecule has 2 heterocycles. The van der Waals surface area contributed by atoms with Crippen LogP contribution in [0.1, 0.15) is 28.3 Å². The topological polar surface area (TPSA) is 57.4 Å². The van der Waals surface area contributed by atoms with Crippen molar-refractivity contribution in [3.63, 3.8) is 0 Å². The molecule has 144 valence electrons. The number of allylic oxidation sites excluding steroid dienone is 1. The summed E-state index contributed by atoms with van der Waals surface area (Å²) in [7, 11) is 0. The van der Waals surface area contributed by atoms with Crippen molar-refractivity contribution >= 4 is 45.9 Å². The number of hydrogen-bond acceptors (Lipinski definition) is 2. The Kier molecular flexibility index (Phi) is 4.96. The molecule has 2 aromatic heterocycles. The summed E-state index contributed by atoms with van der Waals surface area (Å²) in [5.41, 5.74) is 7.28. The normalized spacial score (nSPS) is 11.8. The number of H-pyrrole nitrogens is 1. The fourth-order valence-electron chi connectivity index (χ4n) is 3.52. The number of rotatable bonds is 3. The Morgan fingerprint density at radius 2 is 1.86 bits per heavy atom. The fraction of sp³-hybridized carbons (Fsp3) is 0.130. The monoisotopic (exact) mass is 420 g/mol. The molecular weight excluding hydrogens is 403 g/mol. The zero-order chi connectivity index (χ0) is 20.7. The van der Waals surface area contributed by atoms with Crippen molar-refractivity contribution in [1.82, 2.24) is 14.5 Å². The highest BCUT2D eigenvalue weighted by molar-refractivity contribution is 6.42. The molecule has 0 radical (unpaired) electrons. The molecule has 0 aliphatic carbocycles. The van der Waals surface area contributed by atoms with E-state index in [0.29, 0.717) is 21.4 Å². The highest BCUT2D eigenvalue weighted by atomic mass is 35.5. The van der Waals surface area contributed by atoms with Crippen LogP contribution in [0.2, 0.25) is 10.0 Å². The summed E-state index contributed by atoms with van der Waals surface area (Å²) in [5, 5.41) is 10.8. The van der Waals surface area contributed by atoms with Crippen LogP contribution in [-0.4, -0.2) is 14.5 Å². The van der Waals surface area contributed by atoms with Crippen LogP contribution in [0.25, 0.3) is 28.4 Å². The van der Waals surface area contributed by atoms with Gasteiger partial charge in [0.25, 0.3) is 0 Å². The van der Waals surface area contributed by atoms with Gasteiger partial charge in [-0.1, -0.05) is 29.3 Å². The average Bonchev–Trinajstić information content (AvgIpc) is 3.22. The van der Waals surface area contributed by atoms with Crippen molar-refractivity contribution in [2.24, 2.45) is 0 Å². The first-order chi connectivity index (χ1) is 13.9. The van der Waals surface area contributed by atoms with E-state index in [1.165, 1.54) is 0 Å². The van der Waals surface area contributed by atoms with Crippen molar-refractivity contribution in [3.05, 3.63) is 80.8 Å². The first-order valence-corrected chi connectivity index (χ1v) is 9.86. The van der Waals surface area contributed by atoms with Gasteiger partial charge in [0.05, 0.1) is 26.7 Å². The molecule has 4 aromatic rings. The molecule has 0 saturated carbocycles. The number of imidazole rings is 1. The van der Waals surface area contributed by atoms with Gasteiger partial charge in [0.2, 0.25) is 0 Å². The minimum absolute atomic E-state index is 0.480. The SMILES string of the molecule is Cc1ccc2nc(C(C#N)=Cc3cc(C)n(-c4ccc(Cl)c(Cl)c4)c3C)[nH]c2c1. The lowest BCUT2D eigenvalue weighted by atomic mass is 10.1. The van der Waals surface area contributed by atoms with Crippen LogP contribution >= 0.6 is 23.2 Å². The Hall–Kier alpha value is -3.00. The molecule has 4 rings (SSSR count). The molecular formula is C23H18Cl2N4. The van der Waals surface area contributed by atoms with Gasteiger partial charge in [-0.05, 0) is 74.4 Å². The quantitative estimate of drug-likeness (QED) is 0.377. The van der Waals surface area contributed by atoms with Gasteiger partial charge in [-0.15, -0.1) is 0 Å². The second kappa shape index (κ2) is 7.44. The van der Waals surface area contributed by atoms with Gasteiger partial charge in [0, 0.05) is 17.1 Å². The third-order valence-electron chi connectivity index (χ3n) is 4.94. The molecule has 0 amide bonds. The Morgan fingerprint density at radius 3 is 2.59 bits per heavy atom. The van der Waals surface area contributed by atoms with Gasteiger partial charge >= 0.3 is 0 Å². The van der Waals surface area contributed by atoms with Crippen LogP contribution in [0.5, 0.6) is 0 Å². The van der Waals surface area contributed by atoms with Crippen molar-refractivity contribution in [3.8, 4) is 11.8 Å². The summed E-state index contributed by atoms with van der Waals surface area (Å²) >= 11 is 12.3. The van der Waals surface area contributed by atoms with Gasteiger partial charge < -0.3 is 9.55 Å². The number of nitriles is 1. The van der Waals surface area contributed by atoms with Crippen LogP contribution in [0.3, 0.4) is 0 Å². The largest absolute Gasteiger partial charge is 0.337 e. The van der Waals surface area contributed by atoms with E-state index in [4.69, 9.17) is 23.2 Å². The molecule has 0 saturated heterocycles. The Morgan fingerprint density at radius 1 is 1.07 bits per heavy atom. The predicted octanol–water partition coefficient (Wildman–Crippen LogP) is 6.65. The average molecular weight is 421 g/mol. The van der Waals surface area contributed by atoms with Crippen molar-refractivity contribution in [2.45, 2.75) is 20.8 Å². The van der Waals surface area contributed by atoms with Crippen LogP contribution in [0.4, 0.5) is 0 Å². The van der Waals surface area contributed by atoms with Gasteiger partial charge in [-0.25, -0.2) is 4.98 Å². The maximum Gasteiger partial charge on any atom is 0.149 e. The smallest absolute Gasteiger partial charge is 0.149 e. The molecule has 0 atom stereocenters. The predicted molar refractivity (Wildman–Crippen MR) is 120 cm³/mol. The number of nitrogens with zero attached hydrogens (tertiary/aromatic N) is 3. The molecule has 29 heavy (non-hydrogen) atoms. The molecule has 0 aliphatic rings. The van der Waals surface area contributed by atoms with Gasteiger partial charge in [-0.3, -0.25) is 0 Å². The van der Waals surface area contributed by atoms with Crippen LogP contribution in [0, 0.1) is 32.1 Å². The first-order valence-electron chi connectivity index (χ1n) is 9.10. The summed E-state index contributed by atoms with van der Waals surface area (Å²) in [4.78, 5) is 7.83. The number of nitrogens with one attached hydrogen (secondary N) is 1. The van der Waals surface area contributed by atoms with E-state index in [1.54, 1.807) is 6.07 Å². The van der Waals surface area contributed by atoms with Crippen molar-refractivity contribution < 1.29 is 0 Å². The number of hydrogen-bond donors (Lipinski definition) is 1. The lowest BCUT2D eigenvalue weighted by Crippen LogP contribution is -1.99. The molecule has 0 spiro atoms. The molecule has 6 heteroatoms. The molecule has 4 nitrogen and oxygen atoms in total. The lowest BCUT2D eigenvalue weighted by molar-refractivity contribution is 0.965. The Bertz CT molecular complexity index is 1320. The summed E-state index contributed by atoms with van der Waals surface area (Å²) in [5.74, 6) is 0.562. The minimum atomic E-state index is 0.480. The standard InChI is InChI=1S/C23H18Cl2N4/c1-13-4-7-21-22(8-13)28-23(27-21)17(12-26)10-16-9-14(2)29(15(16)3)18-5-6-19(24)20(25)11-18/h4-11H,1-3H3,(H,27,28). The van der Waals surface area contributed by atoms with E-state index in [9.17, 15) is 5.26 Å². The number of fused-ring (bicyclic) bond motifs is 1. The highest BCUT2D eigenvalue weighted by Crippen LogP contribution is 2.29. The number of aryl methyl sites for hydroxylation is 2. The minimum Gasteiger partial charge on any atom is -0.337 e. The second-order valence-corrected chi connectivity index (χ2v) is 7.85. The third kappa shape index (κ3) is 3.55. The van der Waals surface area contributed by atoms with E-state index in [-0.39, 0.29) is 0 Å². The zero-order valence-corrected chi connectivity index (χ0v) is 17.7. The van der Waals surface area contributed by atoms with E-state index >= 15 is 0 Å². The Balaban J connectivity index is 1.80. The molecule has 0 bridgehead atoms. The highest BCUT2D eigenvalue weighted by Gasteiger charge is 2.14. The van der Waals surface area contributed by atoms with Crippen LogP contribution < -0.4 is 0 Å². The van der Waals surface area contributed by atoms with Crippen molar-refractivity contribution in [2.75, 3.05) is 0 Å². The third-order valence-corrected chi connectivity index (χ3v) is 5.68. The second-order valence-electron chi connectivity index (χ2n) is 7.04. The lowest BCUT2D eigenvalue weighted by Gasteiger charge is -2.10. The number of benzene rings is 2. The maximum atomic E-state index is 9.75. The summed E-state index contributed by atoms with van der Waals surface area (Å²) in [6.45, 7) is 6.06. The fourth-order valence-corrected chi connectivity index (χ4v) is 3.81. The van der Waals surface area contributed by atoms with Crippen LogP contribution in [-0.2, 0) is 0 Å². The van der Waals surface area contributed by atoms with Gasteiger partial charge in [0.1, 0.15) is 11.9 Å². The number of aromatic nitrogens is 3. The summed E-state index contributed by atoms with van der Waals surface area (Å²) < 4.78 is 2.09. The summed E-state index contributed by atoms with van der Waals surface area (Å²) in [6, 6.07) is 15.8. The van der Waals surface area contributed by atoms with E-state index in [0.717, 1.165) is 39.2 Å². The number of halogens is 2. The van der Waals surface area contributed by atoms with E-state index in [2.05, 4.69) is 20.6 Å². The molecule has 1 N–H and O–H groups in total. The molecule has 0 fully saturated rings. The summed E-state index contributed by atoms with van der Waals surface area (Å²) in [6.07, 6.45) is 1.86. The molecule has 0 aliphatic heterocycles.